The van der Waals surface area contributed by atoms with Crippen molar-refractivity contribution in [3.8, 4) is 0 Å². The summed E-state index contributed by atoms with van der Waals surface area (Å²) in [5, 5.41) is 24.5. The summed E-state index contributed by atoms with van der Waals surface area (Å²) in [5.74, 6) is -1.57. The predicted molar refractivity (Wildman–Crippen MR) is 149 cm³/mol. The molecule has 3 saturated carbocycles. The number of alkyl halides is 1. The molecule has 0 aliphatic heterocycles. The normalized spacial score (nSPS) is 42.8. The minimum Gasteiger partial charge on any atom is -0.390 e. The molecule has 1 aromatic heterocycles. The Balaban J connectivity index is 1.50. The van der Waals surface area contributed by atoms with E-state index in [0.717, 1.165) is 16.3 Å². The number of aliphatic hydroxyl groups excluding tert-OH is 2. The third kappa shape index (κ3) is 4.17. The maximum Gasteiger partial charge on any atom is 0.178 e. The smallest absolute Gasteiger partial charge is 0.178 e. The molecule has 0 bridgehead atoms. The van der Waals surface area contributed by atoms with Crippen molar-refractivity contribution < 1.29 is 24.2 Å². The highest BCUT2D eigenvalue weighted by molar-refractivity contribution is 7.18. The number of hydrogen-bond acceptors (Lipinski definition) is 7. The lowest BCUT2D eigenvalue weighted by molar-refractivity contribution is -0.195. The number of ketones is 2. The lowest BCUT2D eigenvalue weighted by Gasteiger charge is -2.63. The molecule has 1 aromatic rings. The van der Waals surface area contributed by atoms with Crippen LogP contribution in [-0.4, -0.2) is 62.0 Å². The first-order valence-corrected chi connectivity index (χ1v) is 15.0. The molecule has 2 N–H and O–H groups in total. The number of hydrogen-bond donors (Lipinski definition) is 2. The molecule has 0 aromatic carbocycles. The molecule has 4 aliphatic carbocycles. The molecule has 11 atom stereocenters. The van der Waals surface area contributed by atoms with Crippen LogP contribution in [0.2, 0.25) is 0 Å². The van der Waals surface area contributed by atoms with E-state index < -0.39 is 41.0 Å². The Morgan fingerprint density at radius 2 is 2.05 bits per heavy atom. The van der Waals surface area contributed by atoms with Gasteiger partial charge in [0, 0.05) is 35.7 Å². The largest absolute Gasteiger partial charge is 0.390 e. The number of aliphatic hydroxyl groups is 2. The second-order valence-electron chi connectivity index (χ2n) is 12.0. The highest BCUT2D eigenvalue weighted by Crippen LogP contribution is 2.70. The van der Waals surface area contributed by atoms with Crippen LogP contribution < -0.4 is 0 Å². The first-order valence-electron chi connectivity index (χ1n) is 13.0. The zero-order valence-electron chi connectivity index (χ0n) is 21.6. The molecule has 6 nitrogen and oxygen atoms in total. The van der Waals surface area contributed by atoms with E-state index in [1.165, 1.54) is 12.2 Å². The molecule has 4 aliphatic rings. The summed E-state index contributed by atoms with van der Waals surface area (Å²) in [6, 6.07) is 0. The van der Waals surface area contributed by atoms with Crippen molar-refractivity contribution in [1.82, 2.24) is 9.65 Å². The number of fused-ring (bicyclic) bond motifs is 5. The number of carbonyl (C=O) groups excluding carboxylic acids is 2. The highest BCUT2D eigenvalue weighted by Gasteiger charge is 2.72. The summed E-state index contributed by atoms with van der Waals surface area (Å²) in [7, 11) is 5.54. The van der Waals surface area contributed by atoms with Crippen LogP contribution in [-0.2, 0) is 16.1 Å². The number of aryl methyl sites for hydroxylation is 1. The minimum absolute atomic E-state index is 0.0855. The molecule has 202 valence electrons. The van der Waals surface area contributed by atoms with E-state index in [-0.39, 0.29) is 35.5 Å². The Morgan fingerprint density at radius 3 is 2.70 bits per heavy atom. The zero-order valence-corrected chi connectivity index (χ0v) is 24.7. The number of aromatic nitrogens is 1. The third-order valence-electron chi connectivity index (χ3n) is 9.91. The van der Waals surface area contributed by atoms with Gasteiger partial charge in [-0.15, -0.1) is 20.6 Å². The molecule has 37 heavy (non-hydrogen) atoms. The molecule has 0 radical (unpaired) electrons. The van der Waals surface area contributed by atoms with Crippen molar-refractivity contribution in [2.24, 2.45) is 34.5 Å². The van der Waals surface area contributed by atoms with Gasteiger partial charge in [-0.3, -0.25) is 14.3 Å². The van der Waals surface area contributed by atoms with Gasteiger partial charge < -0.3 is 10.2 Å². The average Bonchev–Trinajstić information content (AvgIpc) is 3.36. The fourth-order valence-electron chi connectivity index (χ4n) is 8.48. The number of halogens is 1. The molecule has 11 unspecified atom stereocenters. The summed E-state index contributed by atoms with van der Waals surface area (Å²) in [4.78, 5) is 30.0. The van der Waals surface area contributed by atoms with E-state index in [1.807, 2.05) is 19.2 Å². The van der Waals surface area contributed by atoms with Crippen LogP contribution in [0.5, 0.6) is 0 Å². The summed E-state index contributed by atoms with van der Waals surface area (Å²) < 4.78 is 19.6. The van der Waals surface area contributed by atoms with E-state index >= 15 is 4.39 Å². The van der Waals surface area contributed by atoms with Crippen LogP contribution in [0.15, 0.2) is 29.2 Å². The molecular formula is C27H37FN2O4P2S. The quantitative estimate of drug-likeness (QED) is 0.511. The van der Waals surface area contributed by atoms with E-state index in [0.29, 0.717) is 25.9 Å². The van der Waals surface area contributed by atoms with Crippen molar-refractivity contribution in [2.45, 2.75) is 64.0 Å². The summed E-state index contributed by atoms with van der Waals surface area (Å²) in [6.07, 6.45) is 4.60. The lowest BCUT2D eigenvalue weighted by Crippen LogP contribution is -2.68. The number of rotatable bonds is 6. The maximum atomic E-state index is 17.5. The lowest BCUT2D eigenvalue weighted by atomic mass is 9.45. The summed E-state index contributed by atoms with van der Waals surface area (Å²) >= 11 is 1.60. The molecule has 0 amide bonds. The van der Waals surface area contributed by atoms with Crippen molar-refractivity contribution in [1.29, 1.82) is 0 Å². The Morgan fingerprint density at radius 1 is 1.32 bits per heavy atom. The monoisotopic (exact) mass is 566 g/mol. The Hall–Kier alpha value is -0.880. The molecular weight excluding hydrogens is 529 g/mol. The van der Waals surface area contributed by atoms with Gasteiger partial charge in [-0.05, 0) is 73.7 Å². The Bertz CT molecular complexity index is 1180. The van der Waals surface area contributed by atoms with Gasteiger partial charge in [0.2, 0.25) is 0 Å². The van der Waals surface area contributed by atoms with E-state index in [1.54, 1.807) is 24.3 Å². The van der Waals surface area contributed by atoms with Gasteiger partial charge in [0.25, 0.3) is 0 Å². The fourth-order valence-corrected chi connectivity index (χ4v) is 10.3. The molecule has 5 rings (SSSR count). The van der Waals surface area contributed by atoms with Crippen LogP contribution in [0, 0.1) is 41.4 Å². The fraction of sp³-hybridized carbons (Fsp3) is 0.667. The van der Waals surface area contributed by atoms with Gasteiger partial charge in [0.15, 0.2) is 17.2 Å². The summed E-state index contributed by atoms with van der Waals surface area (Å²) in [6.45, 7) is 6.43. The van der Waals surface area contributed by atoms with Gasteiger partial charge in [-0.2, -0.15) is 0 Å². The molecule has 3 fully saturated rings. The standard InChI is InChI=1S/C27H37FN2O4P2S/c1-14-29-16(13-37-14)11-30(36)10-15-6-18-19-8-22(35)20-7-17(32)4-5-26(20,3)27(19,28)23(34)9-25(18,2)24(15)21(33)12-31/h4-5,7,13,15,18-19,22-24,31,34H,6,8-12,35-36H2,1-3H3. The Kier molecular flexibility index (Phi) is 7.21. The van der Waals surface area contributed by atoms with Crippen LogP contribution in [0.3, 0.4) is 0 Å². The van der Waals surface area contributed by atoms with Gasteiger partial charge in [0.05, 0.1) is 16.8 Å². The summed E-state index contributed by atoms with van der Waals surface area (Å²) in [5.41, 5.74) is -2.10. The highest BCUT2D eigenvalue weighted by atomic mass is 32.1. The van der Waals surface area contributed by atoms with Gasteiger partial charge >= 0.3 is 0 Å². The second-order valence-corrected chi connectivity index (χ2v) is 14.6. The molecule has 1 heterocycles. The molecule has 10 heteroatoms. The second kappa shape index (κ2) is 9.64. The van der Waals surface area contributed by atoms with Gasteiger partial charge in [-0.1, -0.05) is 22.4 Å². The molecule has 0 saturated heterocycles. The van der Waals surface area contributed by atoms with Crippen LogP contribution >= 0.6 is 30.0 Å². The third-order valence-corrected chi connectivity index (χ3v) is 11.8. The van der Waals surface area contributed by atoms with Crippen LogP contribution in [0.25, 0.3) is 0 Å². The van der Waals surface area contributed by atoms with E-state index in [4.69, 9.17) is 0 Å². The molecule has 0 spiro atoms. The number of Topliss-reactive ketones (excluding diaryl/α,β-unsaturated/α-hetero) is 1. The number of thiazole rings is 1. The van der Waals surface area contributed by atoms with Gasteiger partial charge in [0.1, 0.15) is 6.61 Å². The number of allylic oxidation sites excluding steroid dienone is 4. The van der Waals surface area contributed by atoms with Gasteiger partial charge in [-0.25, -0.2) is 9.37 Å². The zero-order chi connectivity index (χ0) is 26.9. The topological polar surface area (TPSA) is 90.7 Å². The van der Waals surface area contributed by atoms with Crippen molar-refractivity contribution in [3.63, 3.8) is 0 Å². The van der Waals surface area contributed by atoms with Crippen molar-refractivity contribution in [2.75, 3.05) is 13.2 Å². The predicted octanol–water partition coefficient (Wildman–Crippen LogP) is 3.67. The average molecular weight is 567 g/mol. The number of carbonyl (C=O) groups is 2. The van der Waals surface area contributed by atoms with E-state index in [2.05, 4.69) is 28.3 Å². The minimum atomic E-state index is -1.95. The number of nitrogens with zero attached hydrogens (tertiary/aromatic N) is 2. The van der Waals surface area contributed by atoms with Crippen LogP contribution in [0.4, 0.5) is 4.39 Å². The van der Waals surface area contributed by atoms with Crippen LogP contribution in [0.1, 0.15) is 43.8 Å². The first-order chi connectivity index (χ1) is 17.3. The van der Waals surface area contributed by atoms with Crippen molar-refractivity contribution in [3.05, 3.63) is 39.9 Å². The first kappa shape index (κ1) is 27.7. The SMILES string of the molecule is Cc1nc(CN(P)CC2CC3C4CC(P)C5=CC(=O)C=CC5(C)C4(F)C(O)CC3(C)C2C(=O)CO)cs1. The van der Waals surface area contributed by atoms with Crippen molar-refractivity contribution >= 4 is 41.5 Å². The maximum absolute atomic E-state index is 17.5. The Labute approximate surface area is 226 Å². The van der Waals surface area contributed by atoms with E-state index in [9.17, 15) is 19.8 Å².